The van der Waals surface area contributed by atoms with Crippen LogP contribution in [0.5, 0.6) is 0 Å². The van der Waals surface area contributed by atoms with Crippen molar-refractivity contribution in [2.45, 2.75) is 46.3 Å². The topological polar surface area (TPSA) is 21.3 Å². The van der Waals surface area contributed by atoms with Crippen LogP contribution in [0.15, 0.2) is 0 Å². The lowest BCUT2D eigenvalue weighted by Gasteiger charge is -2.33. The first-order chi connectivity index (χ1) is 6.47. The minimum atomic E-state index is -0.0000463. The molecule has 0 aliphatic carbocycles. The van der Waals surface area contributed by atoms with E-state index in [1.54, 1.807) is 7.11 Å². The molecule has 2 heteroatoms. The van der Waals surface area contributed by atoms with Gasteiger partial charge in [-0.3, -0.25) is 0 Å². The summed E-state index contributed by atoms with van der Waals surface area (Å²) in [6.07, 6.45) is 6.63. The van der Waals surface area contributed by atoms with Crippen molar-refractivity contribution in [3.8, 4) is 12.3 Å². The fourth-order valence-corrected chi connectivity index (χ4v) is 1.54. The summed E-state index contributed by atoms with van der Waals surface area (Å²) in [7, 11) is 1.72. The number of terminal acetylenes is 1. The number of rotatable bonds is 5. The molecule has 0 radical (unpaired) electrons. The van der Waals surface area contributed by atoms with Crippen LogP contribution in [0.1, 0.15) is 34.1 Å². The van der Waals surface area contributed by atoms with Crippen LogP contribution in [-0.2, 0) is 4.74 Å². The summed E-state index contributed by atoms with van der Waals surface area (Å²) in [6, 6.07) is -0.0000463. The van der Waals surface area contributed by atoms with Gasteiger partial charge in [-0.05, 0) is 18.4 Å². The van der Waals surface area contributed by atoms with Crippen LogP contribution < -0.4 is 5.32 Å². The monoisotopic (exact) mass is 197 g/mol. The van der Waals surface area contributed by atoms with Crippen molar-refractivity contribution in [1.82, 2.24) is 5.32 Å². The van der Waals surface area contributed by atoms with Crippen molar-refractivity contribution in [1.29, 1.82) is 0 Å². The Kier molecular flexibility index (Phi) is 5.83. The number of ether oxygens (including phenoxy) is 1. The highest BCUT2D eigenvalue weighted by Gasteiger charge is 2.30. The van der Waals surface area contributed by atoms with E-state index < -0.39 is 0 Å². The normalized spacial score (nSPS) is 16.0. The Balaban J connectivity index is 4.40. The second kappa shape index (κ2) is 6.06. The highest BCUT2D eigenvalue weighted by atomic mass is 16.5. The van der Waals surface area contributed by atoms with Gasteiger partial charge in [-0.25, -0.2) is 0 Å². The quantitative estimate of drug-likeness (QED) is 0.681. The van der Waals surface area contributed by atoms with Crippen LogP contribution in [0.4, 0.5) is 0 Å². The molecule has 14 heavy (non-hydrogen) atoms. The summed E-state index contributed by atoms with van der Waals surface area (Å²) >= 11 is 0. The minimum absolute atomic E-state index is 0.0000463. The van der Waals surface area contributed by atoms with Crippen molar-refractivity contribution < 1.29 is 4.74 Å². The van der Waals surface area contributed by atoms with Crippen molar-refractivity contribution in [2.24, 2.45) is 5.41 Å². The van der Waals surface area contributed by atoms with Crippen LogP contribution in [0.25, 0.3) is 0 Å². The molecule has 0 saturated carbocycles. The van der Waals surface area contributed by atoms with E-state index in [4.69, 9.17) is 11.2 Å². The average Bonchev–Trinajstić information content (AvgIpc) is 2.09. The Morgan fingerprint density at radius 1 is 1.43 bits per heavy atom. The molecule has 0 aromatic heterocycles. The van der Waals surface area contributed by atoms with Gasteiger partial charge in [-0.1, -0.05) is 33.6 Å². The highest BCUT2D eigenvalue weighted by Crippen LogP contribution is 2.24. The van der Waals surface area contributed by atoms with Gasteiger partial charge < -0.3 is 10.1 Å². The molecule has 0 rings (SSSR count). The van der Waals surface area contributed by atoms with E-state index in [-0.39, 0.29) is 17.6 Å². The Morgan fingerprint density at radius 2 is 2.00 bits per heavy atom. The second-order valence-electron chi connectivity index (χ2n) is 4.62. The predicted molar refractivity (Wildman–Crippen MR) is 61.2 cm³/mol. The van der Waals surface area contributed by atoms with E-state index in [0.29, 0.717) is 0 Å². The Hall–Kier alpha value is -0.520. The Bertz CT molecular complexity index is 187. The molecule has 0 bridgehead atoms. The highest BCUT2D eigenvalue weighted by molar-refractivity contribution is 5.05. The van der Waals surface area contributed by atoms with Gasteiger partial charge in [0.15, 0.2) is 0 Å². The molecule has 0 fully saturated rings. The molecule has 82 valence electrons. The Morgan fingerprint density at radius 3 is 2.29 bits per heavy atom. The average molecular weight is 197 g/mol. The molecule has 0 spiro atoms. The van der Waals surface area contributed by atoms with E-state index in [1.165, 1.54) is 0 Å². The van der Waals surface area contributed by atoms with E-state index in [2.05, 4.69) is 38.9 Å². The van der Waals surface area contributed by atoms with Gasteiger partial charge >= 0.3 is 0 Å². The maximum absolute atomic E-state index is 5.49. The van der Waals surface area contributed by atoms with E-state index in [9.17, 15) is 0 Å². The van der Waals surface area contributed by atoms with Crippen molar-refractivity contribution in [3.63, 3.8) is 0 Å². The smallest absolute Gasteiger partial charge is 0.0957 e. The first-order valence-corrected chi connectivity index (χ1v) is 5.19. The third-order valence-electron chi connectivity index (χ3n) is 2.20. The Labute approximate surface area is 88.4 Å². The number of methoxy groups -OCH3 is 1. The van der Waals surface area contributed by atoms with Gasteiger partial charge in [0, 0.05) is 7.11 Å². The van der Waals surface area contributed by atoms with Gasteiger partial charge in [0.25, 0.3) is 0 Å². The molecule has 0 saturated heterocycles. The zero-order valence-corrected chi connectivity index (χ0v) is 10.1. The molecule has 0 heterocycles. The van der Waals surface area contributed by atoms with Crippen molar-refractivity contribution in [2.75, 3.05) is 13.7 Å². The number of nitrogens with one attached hydrogen (secondary N) is 1. The third kappa shape index (κ3) is 4.13. The minimum Gasteiger partial charge on any atom is -0.378 e. The maximum atomic E-state index is 5.49. The molecule has 2 atom stereocenters. The van der Waals surface area contributed by atoms with Gasteiger partial charge in [-0.2, -0.15) is 0 Å². The van der Waals surface area contributed by atoms with Gasteiger partial charge in [-0.15, -0.1) is 6.42 Å². The van der Waals surface area contributed by atoms with Gasteiger partial charge in [0.1, 0.15) is 0 Å². The molecular weight excluding hydrogens is 174 g/mol. The fraction of sp³-hybridized carbons (Fsp3) is 0.833. The van der Waals surface area contributed by atoms with Crippen LogP contribution in [-0.4, -0.2) is 25.8 Å². The third-order valence-corrected chi connectivity index (χ3v) is 2.20. The zero-order chi connectivity index (χ0) is 11.2. The molecular formula is C12H23NO. The molecule has 2 unspecified atom stereocenters. The number of hydrogen-bond donors (Lipinski definition) is 1. The summed E-state index contributed by atoms with van der Waals surface area (Å²) in [6.45, 7) is 9.47. The molecule has 0 aliphatic rings. The number of hydrogen-bond acceptors (Lipinski definition) is 2. The van der Waals surface area contributed by atoms with Crippen LogP contribution in [0.2, 0.25) is 0 Å². The van der Waals surface area contributed by atoms with E-state index >= 15 is 0 Å². The fourth-order valence-electron chi connectivity index (χ4n) is 1.54. The largest absolute Gasteiger partial charge is 0.378 e. The summed E-state index contributed by atoms with van der Waals surface area (Å²) in [4.78, 5) is 0. The first-order valence-electron chi connectivity index (χ1n) is 5.19. The lowest BCUT2D eigenvalue weighted by atomic mass is 9.84. The summed E-state index contributed by atoms with van der Waals surface area (Å²) in [5.41, 5.74) is 0.0620. The van der Waals surface area contributed by atoms with E-state index in [1.807, 2.05) is 0 Å². The predicted octanol–water partition coefficient (Wildman–Crippen LogP) is 2.05. The summed E-state index contributed by atoms with van der Waals surface area (Å²) in [5, 5.41) is 3.32. The SMILES string of the molecule is C#CC(NCCC)C(OC)C(C)(C)C. The van der Waals surface area contributed by atoms with Crippen LogP contribution in [0.3, 0.4) is 0 Å². The first kappa shape index (κ1) is 13.5. The van der Waals surface area contributed by atoms with E-state index in [0.717, 1.165) is 13.0 Å². The molecule has 1 N–H and O–H groups in total. The second-order valence-corrected chi connectivity index (χ2v) is 4.62. The molecule has 0 aromatic carbocycles. The molecule has 0 amide bonds. The van der Waals surface area contributed by atoms with Crippen molar-refractivity contribution in [3.05, 3.63) is 0 Å². The molecule has 0 aliphatic heterocycles. The van der Waals surface area contributed by atoms with Gasteiger partial charge in [0.2, 0.25) is 0 Å². The molecule has 0 aromatic rings. The van der Waals surface area contributed by atoms with Crippen LogP contribution in [0, 0.1) is 17.8 Å². The van der Waals surface area contributed by atoms with Crippen LogP contribution >= 0.6 is 0 Å². The lowest BCUT2D eigenvalue weighted by molar-refractivity contribution is 0.00243. The van der Waals surface area contributed by atoms with Crippen molar-refractivity contribution >= 4 is 0 Å². The summed E-state index contributed by atoms with van der Waals surface area (Å²) < 4.78 is 5.46. The summed E-state index contributed by atoms with van der Waals surface area (Å²) in [5.74, 6) is 2.76. The van der Waals surface area contributed by atoms with Gasteiger partial charge in [0.05, 0.1) is 12.1 Å². The lowest BCUT2D eigenvalue weighted by Crippen LogP contribution is -2.47. The standard InChI is InChI=1S/C12H23NO/c1-7-9-13-10(8-2)11(14-6)12(3,4)5/h2,10-11,13H,7,9H2,1,3-6H3. The maximum Gasteiger partial charge on any atom is 0.0957 e. The zero-order valence-electron chi connectivity index (χ0n) is 10.1. The molecule has 2 nitrogen and oxygen atoms in total.